The first-order chi connectivity index (χ1) is 6.77. The first kappa shape index (κ1) is 9.91. The molecule has 1 saturated carbocycles. The van der Waals surface area contributed by atoms with E-state index in [4.69, 9.17) is 0 Å². The number of aromatic hydroxyl groups is 1. The number of benzene rings is 1. The number of hydrogen-bond donors (Lipinski definition) is 2. The van der Waals surface area contributed by atoms with Crippen molar-refractivity contribution in [1.82, 2.24) is 0 Å². The summed E-state index contributed by atoms with van der Waals surface area (Å²) in [5.74, 6) is 1.26. The molecule has 0 spiro atoms. The van der Waals surface area contributed by atoms with Crippen LogP contribution in [0.1, 0.15) is 31.2 Å². The number of phenolic OH excluding ortho intramolecular Hbond substituents is 1. The molecule has 0 atom stereocenters. The highest BCUT2D eigenvalue weighted by atomic mass is 32.1. The van der Waals surface area contributed by atoms with Crippen molar-refractivity contribution in [3.8, 4) is 5.75 Å². The van der Waals surface area contributed by atoms with E-state index in [0.717, 1.165) is 5.75 Å². The summed E-state index contributed by atoms with van der Waals surface area (Å²) in [6.45, 7) is 0. The minimum atomic E-state index is 0.224. The van der Waals surface area contributed by atoms with Gasteiger partial charge in [-0.1, -0.05) is 25.0 Å². The molecule has 1 aliphatic rings. The van der Waals surface area contributed by atoms with Crippen LogP contribution < -0.4 is 0 Å². The van der Waals surface area contributed by atoms with Gasteiger partial charge in [0, 0.05) is 5.41 Å². The molecule has 0 unspecified atom stereocenters. The number of rotatable bonds is 2. The number of phenols is 1. The lowest BCUT2D eigenvalue weighted by Gasteiger charge is -2.27. The molecule has 1 aliphatic carbocycles. The molecule has 1 fully saturated rings. The summed E-state index contributed by atoms with van der Waals surface area (Å²) in [5.41, 5.74) is 1.48. The van der Waals surface area contributed by atoms with Crippen LogP contribution in [0.15, 0.2) is 24.3 Å². The molecule has 1 N–H and O–H groups in total. The minimum absolute atomic E-state index is 0.224. The molecule has 1 aromatic carbocycles. The van der Waals surface area contributed by atoms with Crippen molar-refractivity contribution in [1.29, 1.82) is 0 Å². The molecule has 1 nitrogen and oxygen atoms in total. The third-order valence-electron chi connectivity index (χ3n) is 3.32. The van der Waals surface area contributed by atoms with Gasteiger partial charge in [-0.05, 0) is 36.3 Å². The fourth-order valence-electron chi connectivity index (χ4n) is 2.43. The minimum Gasteiger partial charge on any atom is -0.508 e. The second kappa shape index (κ2) is 3.85. The average Bonchev–Trinajstić information content (AvgIpc) is 2.67. The fourth-order valence-corrected chi connectivity index (χ4v) is 2.92. The van der Waals surface area contributed by atoms with Crippen LogP contribution in [0.5, 0.6) is 5.75 Å². The SMILES string of the molecule is Oc1cccc(C2(CS)CCCC2)c1. The Morgan fingerprint density at radius 1 is 1.29 bits per heavy atom. The van der Waals surface area contributed by atoms with E-state index < -0.39 is 0 Å². The monoisotopic (exact) mass is 208 g/mol. The predicted molar refractivity (Wildman–Crippen MR) is 62.1 cm³/mol. The second-order valence-electron chi connectivity index (χ2n) is 4.20. The van der Waals surface area contributed by atoms with E-state index in [1.807, 2.05) is 12.1 Å². The highest BCUT2D eigenvalue weighted by Crippen LogP contribution is 2.42. The quantitative estimate of drug-likeness (QED) is 0.715. The van der Waals surface area contributed by atoms with Crippen LogP contribution in [-0.4, -0.2) is 10.9 Å². The maximum Gasteiger partial charge on any atom is 0.115 e. The molecular weight excluding hydrogens is 192 g/mol. The van der Waals surface area contributed by atoms with Crippen molar-refractivity contribution in [2.45, 2.75) is 31.1 Å². The van der Waals surface area contributed by atoms with E-state index in [1.54, 1.807) is 6.07 Å². The van der Waals surface area contributed by atoms with Crippen molar-refractivity contribution in [3.63, 3.8) is 0 Å². The first-order valence-corrected chi connectivity index (χ1v) is 5.80. The van der Waals surface area contributed by atoms with Gasteiger partial charge in [0.1, 0.15) is 5.75 Å². The van der Waals surface area contributed by atoms with E-state index in [-0.39, 0.29) is 5.41 Å². The third-order valence-corrected chi connectivity index (χ3v) is 3.93. The lowest BCUT2D eigenvalue weighted by molar-refractivity contribution is 0.463. The Balaban J connectivity index is 2.35. The smallest absolute Gasteiger partial charge is 0.115 e. The highest BCUT2D eigenvalue weighted by Gasteiger charge is 2.34. The van der Waals surface area contributed by atoms with Crippen LogP contribution in [0.3, 0.4) is 0 Å². The Labute approximate surface area is 90.6 Å². The zero-order valence-corrected chi connectivity index (χ0v) is 9.13. The topological polar surface area (TPSA) is 20.2 Å². The Morgan fingerprint density at radius 3 is 2.57 bits per heavy atom. The fraction of sp³-hybridized carbons (Fsp3) is 0.500. The van der Waals surface area contributed by atoms with Crippen molar-refractivity contribution in [2.24, 2.45) is 0 Å². The average molecular weight is 208 g/mol. The van der Waals surface area contributed by atoms with E-state index in [1.165, 1.54) is 31.2 Å². The third kappa shape index (κ3) is 1.63. The van der Waals surface area contributed by atoms with Gasteiger partial charge in [-0.2, -0.15) is 12.6 Å². The maximum absolute atomic E-state index is 9.46. The summed E-state index contributed by atoms with van der Waals surface area (Å²) in [6.07, 6.45) is 4.99. The van der Waals surface area contributed by atoms with Crippen molar-refractivity contribution in [2.75, 3.05) is 5.75 Å². The van der Waals surface area contributed by atoms with E-state index in [2.05, 4.69) is 18.7 Å². The summed E-state index contributed by atoms with van der Waals surface area (Å²) in [4.78, 5) is 0. The Kier molecular flexibility index (Phi) is 2.73. The van der Waals surface area contributed by atoms with Crippen molar-refractivity contribution >= 4 is 12.6 Å². The van der Waals surface area contributed by atoms with E-state index in [9.17, 15) is 5.11 Å². The second-order valence-corrected chi connectivity index (χ2v) is 4.51. The summed E-state index contributed by atoms with van der Waals surface area (Å²) < 4.78 is 0. The van der Waals surface area contributed by atoms with Crippen LogP contribution in [0, 0.1) is 0 Å². The molecule has 0 aromatic heterocycles. The zero-order chi connectivity index (χ0) is 10.0. The molecule has 76 valence electrons. The molecule has 0 aliphatic heterocycles. The van der Waals surface area contributed by atoms with E-state index in [0.29, 0.717) is 5.75 Å². The van der Waals surface area contributed by atoms with Gasteiger partial charge in [-0.3, -0.25) is 0 Å². The predicted octanol–water partition coefficient (Wildman–Crippen LogP) is 3.13. The normalized spacial score (nSPS) is 19.8. The lowest BCUT2D eigenvalue weighted by atomic mass is 9.81. The van der Waals surface area contributed by atoms with Gasteiger partial charge in [0.2, 0.25) is 0 Å². The standard InChI is InChI=1S/C12H16OS/c13-11-5-3-4-10(8-11)12(9-14)6-1-2-7-12/h3-5,8,13-14H,1-2,6-7,9H2. The number of thiol groups is 1. The van der Waals surface area contributed by atoms with Gasteiger partial charge in [-0.15, -0.1) is 0 Å². The number of hydrogen-bond acceptors (Lipinski definition) is 2. The van der Waals surface area contributed by atoms with Crippen LogP contribution in [0.4, 0.5) is 0 Å². The van der Waals surface area contributed by atoms with Gasteiger partial charge in [0.25, 0.3) is 0 Å². The summed E-state index contributed by atoms with van der Waals surface area (Å²) in [6, 6.07) is 7.65. The van der Waals surface area contributed by atoms with Gasteiger partial charge in [0.05, 0.1) is 0 Å². The van der Waals surface area contributed by atoms with Crippen LogP contribution in [0.2, 0.25) is 0 Å². The first-order valence-electron chi connectivity index (χ1n) is 5.17. The van der Waals surface area contributed by atoms with Crippen LogP contribution in [0.25, 0.3) is 0 Å². The summed E-state index contributed by atoms with van der Waals surface area (Å²) in [5, 5.41) is 9.46. The molecule has 0 radical (unpaired) electrons. The molecule has 14 heavy (non-hydrogen) atoms. The van der Waals surface area contributed by atoms with E-state index >= 15 is 0 Å². The molecule has 1 aromatic rings. The summed E-state index contributed by atoms with van der Waals surface area (Å²) in [7, 11) is 0. The summed E-state index contributed by atoms with van der Waals surface area (Å²) >= 11 is 4.47. The van der Waals surface area contributed by atoms with Crippen LogP contribution in [-0.2, 0) is 5.41 Å². The maximum atomic E-state index is 9.46. The highest BCUT2D eigenvalue weighted by molar-refractivity contribution is 7.80. The molecule has 0 amide bonds. The van der Waals surface area contributed by atoms with Gasteiger partial charge >= 0.3 is 0 Å². The zero-order valence-electron chi connectivity index (χ0n) is 8.24. The largest absolute Gasteiger partial charge is 0.508 e. The lowest BCUT2D eigenvalue weighted by Crippen LogP contribution is -2.23. The van der Waals surface area contributed by atoms with Gasteiger partial charge in [0.15, 0.2) is 0 Å². The molecule has 2 rings (SSSR count). The van der Waals surface area contributed by atoms with Crippen molar-refractivity contribution in [3.05, 3.63) is 29.8 Å². The van der Waals surface area contributed by atoms with Gasteiger partial charge < -0.3 is 5.11 Å². The molecule has 0 bridgehead atoms. The molecular formula is C12H16OS. The Bertz CT molecular complexity index is 316. The Hall–Kier alpha value is -0.630. The molecule has 2 heteroatoms. The van der Waals surface area contributed by atoms with Gasteiger partial charge in [-0.25, -0.2) is 0 Å². The van der Waals surface area contributed by atoms with Crippen molar-refractivity contribution < 1.29 is 5.11 Å². The molecule has 0 saturated heterocycles. The Morgan fingerprint density at radius 2 is 2.00 bits per heavy atom. The molecule has 0 heterocycles. The van der Waals surface area contributed by atoms with Crippen LogP contribution >= 0.6 is 12.6 Å².